The molecule has 0 aromatic heterocycles. The van der Waals surface area contributed by atoms with Crippen LogP contribution in [0.1, 0.15) is 39.2 Å². The number of methoxy groups -OCH3 is 1. The van der Waals surface area contributed by atoms with E-state index in [0.29, 0.717) is 6.04 Å². The zero-order valence-corrected chi connectivity index (χ0v) is 12.8. The summed E-state index contributed by atoms with van der Waals surface area (Å²) in [5, 5.41) is 3.43. The molecule has 1 unspecified atom stereocenters. The van der Waals surface area contributed by atoms with Crippen molar-refractivity contribution in [3.05, 3.63) is 23.8 Å². The van der Waals surface area contributed by atoms with E-state index in [1.54, 1.807) is 7.11 Å². The Bertz CT molecular complexity index is 377. The molecule has 0 spiro atoms. The molecule has 0 aliphatic rings. The minimum atomic E-state index is 0.184. The maximum absolute atomic E-state index is 6.09. The molecule has 1 aromatic rings. The lowest BCUT2D eigenvalue weighted by atomic mass is 10.2. The van der Waals surface area contributed by atoms with Gasteiger partial charge in [0.1, 0.15) is 6.10 Å². The maximum atomic E-state index is 6.09. The molecular formula is C16H27NO2. The van der Waals surface area contributed by atoms with Crippen molar-refractivity contribution in [1.29, 1.82) is 0 Å². The molecule has 0 radical (unpaired) electrons. The molecule has 0 saturated carbocycles. The van der Waals surface area contributed by atoms with Crippen molar-refractivity contribution in [2.45, 2.75) is 52.7 Å². The average Bonchev–Trinajstić information content (AvgIpc) is 2.38. The maximum Gasteiger partial charge on any atom is 0.161 e. The fraction of sp³-hybridized carbons (Fsp3) is 0.625. The number of ether oxygens (including phenoxy) is 2. The van der Waals surface area contributed by atoms with E-state index in [1.807, 2.05) is 12.1 Å². The Morgan fingerprint density at radius 3 is 2.53 bits per heavy atom. The summed E-state index contributed by atoms with van der Waals surface area (Å²) in [4.78, 5) is 0. The van der Waals surface area contributed by atoms with Crippen molar-refractivity contribution in [1.82, 2.24) is 5.32 Å². The molecule has 3 heteroatoms. The topological polar surface area (TPSA) is 30.5 Å². The van der Waals surface area contributed by atoms with E-state index in [4.69, 9.17) is 9.47 Å². The fourth-order valence-corrected chi connectivity index (χ4v) is 1.94. The van der Waals surface area contributed by atoms with Crippen LogP contribution in [0.3, 0.4) is 0 Å². The lowest BCUT2D eigenvalue weighted by molar-refractivity contribution is 0.176. The Kier molecular flexibility index (Phi) is 6.71. The van der Waals surface area contributed by atoms with E-state index in [-0.39, 0.29) is 6.10 Å². The molecule has 108 valence electrons. The van der Waals surface area contributed by atoms with E-state index >= 15 is 0 Å². The summed E-state index contributed by atoms with van der Waals surface area (Å²) in [5.74, 6) is 1.64. The first-order chi connectivity index (χ1) is 9.06. The third kappa shape index (κ3) is 5.52. The molecule has 0 amide bonds. The van der Waals surface area contributed by atoms with Gasteiger partial charge in [0.15, 0.2) is 11.5 Å². The molecule has 1 rings (SSSR count). The Hall–Kier alpha value is -1.22. The van der Waals surface area contributed by atoms with E-state index in [0.717, 1.165) is 30.9 Å². The van der Waals surface area contributed by atoms with Gasteiger partial charge in [-0.05, 0) is 31.0 Å². The summed E-state index contributed by atoms with van der Waals surface area (Å²) in [6.07, 6.45) is 2.33. The van der Waals surface area contributed by atoms with Gasteiger partial charge in [-0.15, -0.1) is 0 Å². The molecule has 19 heavy (non-hydrogen) atoms. The van der Waals surface area contributed by atoms with Crippen LogP contribution in [0.5, 0.6) is 11.5 Å². The van der Waals surface area contributed by atoms with Crippen LogP contribution in [0, 0.1) is 6.92 Å². The summed E-state index contributed by atoms with van der Waals surface area (Å²) in [6.45, 7) is 9.39. The second-order valence-corrected chi connectivity index (χ2v) is 5.25. The highest BCUT2D eigenvalue weighted by atomic mass is 16.5. The minimum Gasteiger partial charge on any atom is -0.493 e. The van der Waals surface area contributed by atoms with Crippen LogP contribution in [0.2, 0.25) is 0 Å². The van der Waals surface area contributed by atoms with Gasteiger partial charge in [-0.1, -0.05) is 33.3 Å². The predicted molar refractivity (Wildman–Crippen MR) is 80.2 cm³/mol. The standard InChI is InChI=1S/C16H27NO2/c1-6-7-14(11-17-12(2)3)19-15-9-8-13(4)10-16(15)18-5/h8-10,12,14,17H,6-7,11H2,1-5H3. The number of rotatable bonds is 8. The van der Waals surface area contributed by atoms with E-state index < -0.39 is 0 Å². The van der Waals surface area contributed by atoms with Gasteiger partial charge < -0.3 is 14.8 Å². The van der Waals surface area contributed by atoms with Crippen LogP contribution in [-0.4, -0.2) is 25.8 Å². The normalized spacial score (nSPS) is 12.5. The Labute approximate surface area is 117 Å². The number of nitrogens with one attached hydrogen (secondary N) is 1. The number of hydrogen-bond donors (Lipinski definition) is 1. The minimum absolute atomic E-state index is 0.184. The van der Waals surface area contributed by atoms with Crippen LogP contribution < -0.4 is 14.8 Å². The largest absolute Gasteiger partial charge is 0.493 e. The summed E-state index contributed by atoms with van der Waals surface area (Å²) >= 11 is 0. The third-order valence-electron chi connectivity index (χ3n) is 2.98. The second-order valence-electron chi connectivity index (χ2n) is 5.25. The highest BCUT2D eigenvalue weighted by molar-refractivity contribution is 5.42. The Balaban J connectivity index is 2.72. The zero-order valence-electron chi connectivity index (χ0n) is 12.8. The highest BCUT2D eigenvalue weighted by Gasteiger charge is 2.13. The number of hydrogen-bond acceptors (Lipinski definition) is 3. The van der Waals surface area contributed by atoms with E-state index in [2.05, 4.69) is 39.1 Å². The smallest absolute Gasteiger partial charge is 0.161 e. The van der Waals surface area contributed by atoms with Crippen molar-refractivity contribution in [3.63, 3.8) is 0 Å². The van der Waals surface area contributed by atoms with Gasteiger partial charge in [0.25, 0.3) is 0 Å². The van der Waals surface area contributed by atoms with Gasteiger partial charge >= 0.3 is 0 Å². The van der Waals surface area contributed by atoms with Crippen molar-refractivity contribution in [2.75, 3.05) is 13.7 Å². The monoisotopic (exact) mass is 265 g/mol. The van der Waals surface area contributed by atoms with Gasteiger partial charge in [0.05, 0.1) is 7.11 Å². The molecule has 0 saturated heterocycles. The van der Waals surface area contributed by atoms with Crippen LogP contribution in [0.25, 0.3) is 0 Å². The van der Waals surface area contributed by atoms with Crippen molar-refractivity contribution >= 4 is 0 Å². The second kappa shape index (κ2) is 8.05. The summed E-state index contributed by atoms with van der Waals surface area (Å²) in [5.41, 5.74) is 1.18. The molecule has 0 fully saturated rings. The van der Waals surface area contributed by atoms with Crippen LogP contribution >= 0.6 is 0 Å². The summed E-state index contributed by atoms with van der Waals surface area (Å²) < 4.78 is 11.5. The van der Waals surface area contributed by atoms with Gasteiger partial charge in [0.2, 0.25) is 0 Å². The van der Waals surface area contributed by atoms with Crippen molar-refractivity contribution in [2.24, 2.45) is 0 Å². The number of aryl methyl sites for hydroxylation is 1. The lowest BCUT2D eigenvalue weighted by Gasteiger charge is -2.22. The van der Waals surface area contributed by atoms with E-state index in [9.17, 15) is 0 Å². The molecule has 1 N–H and O–H groups in total. The average molecular weight is 265 g/mol. The van der Waals surface area contributed by atoms with Crippen LogP contribution in [0.4, 0.5) is 0 Å². The van der Waals surface area contributed by atoms with Gasteiger partial charge in [-0.2, -0.15) is 0 Å². The summed E-state index contributed by atoms with van der Waals surface area (Å²) in [6, 6.07) is 6.53. The van der Waals surface area contributed by atoms with E-state index in [1.165, 1.54) is 5.56 Å². The molecule has 3 nitrogen and oxygen atoms in total. The third-order valence-corrected chi connectivity index (χ3v) is 2.98. The SMILES string of the molecule is CCCC(CNC(C)C)Oc1ccc(C)cc1OC. The predicted octanol–water partition coefficient (Wildman–Crippen LogP) is 3.55. The fourth-order valence-electron chi connectivity index (χ4n) is 1.94. The lowest BCUT2D eigenvalue weighted by Crippen LogP contribution is -2.35. The first-order valence-corrected chi connectivity index (χ1v) is 7.11. The van der Waals surface area contributed by atoms with Crippen molar-refractivity contribution in [3.8, 4) is 11.5 Å². The molecule has 1 atom stereocenters. The first-order valence-electron chi connectivity index (χ1n) is 7.11. The molecular weight excluding hydrogens is 238 g/mol. The molecule has 0 aliphatic heterocycles. The first kappa shape index (κ1) is 15.8. The Morgan fingerprint density at radius 1 is 1.21 bits per heavy atom. The quantitative estimate of drug-likeness (QED) is 0.779. The van der Waals surface area contributed by atoms with Gasteiger partial charge in [0, 0.05) is 12.6 Å². The molecule has 1 aromatic carbocycles. The molecule has 0 aliphatic carbocycles. The zero-order chi connectivity index (χ0) is 14.3. The summed E-state index contributed by atoms with van der Waals surface area (Å²) in [7, 11) is 1.68. The number of benzene rings is 1. The molecule has 0 bridgehead atoms. The Morgan fingerprint density at radius 2 is 1.95 bits per heavy atom. The van der Waals surface area contributed by atoms with Crippen LogP contribution in [-0.2, 0) is 0 Å². The van der Waals surface area contributed by atoms with Crippen LogP contribution in [0.15, 0.2) is 18.2 Å². The highest BCUT2D eigenvalue weighted by Crippen LogP contribution is 2.29. The molecule has 0 heterocycles. The van der Waals surface area contributed by atoms with Gasteiger partial charge in [-0.3, -0.25) is 0 Å². The van der Waals surface area contributed by atoms with Gasteiger partial charge in [-0.25, -0.2) is 0 Å². The van der Waals surface area contributed by atoms with Crippen molar-refractivity contribution < 1.29 is 9.47 Å².